The van der Waals surface area contributed by atoms with Crippen LogP contribution in [0.1, 0.15) is 39.5 Å². The average Bonchev–Trinajstić information content (AvgIpc) is 2.93. The molecule has 0 unspecified atom stereocenters. The van der Waals surface area contributed by atoms with Crippen molar-refractivity contribution in [3.63, 3.8) is 0 Å². The summed E-state index contributed by atoms with van der Waals surface area (Å²) in [4.78, 5) is 15.7. The van der Waals surface area contributed by atoms with Gasteiger partial charge in [0.15, 0.2) is 0 Å². The lowest BCUT2D eigenvalue weighted by Crippen LogP contribution is -2.59. The topological polar surface area (TPSA) is 60.9 Å². The van der Waals surface area contributed by atoms with Crippen molar-refractivity contribution in [1.82, 2.24) is 14.1 Å². The molecule has 3 aliphatic heterocycles. The Morgan fingerprint density at radius 2 is 1.77 bits per heavy atom. The lowest BCUT2D eigenvalue weighted by molar-refractivity contribution is -0.129. The van der Waals surface area contributed by atoms with Crippen LogP contribution < -0.4 is 0 Å². The van der Waals surface area contributed by atoms with E-state index in [1.165, 1.54) is 13.3 Å². The van der Waals surface area contributed by atoms with Crippen molar-refractivity contribution >= 4 is 15.9 Å². The molecule has 0 aromatic rings. The number of amides is 1. The highest BCUT2D eigenvalue weighted by atomic mass is 32.2. The third kappa shape index (κ3) is 2.90. The molecule has 3 fully saturated rings. The number of nitrogens with zero attached hydrogens (tertiary/aromatic N) is 3. The number of hydrogen-bond acceptors (Lipinski definition) is 4. The summed E-state index contributed by atoms with van der Waals surface area (Å²) in [5.41, 5.74) is 0. The van der Waals surface area contributed by atoms with Crippen molar-refractivity contribution < 1.29 is 13.2 Å². The molecule has 0 radical (unpaired) electrons. The Bertz CT molecular complexity index is 536. The van der Waals surface area contributed by atoms with E-state index in [1.54, 1.807) is 9.21 Å². The SMILES string of the molecule is CC(=O)N1CCC[C@H](S(=O)(=O)N2C[C@@H]3CCCN3C[C@@H]2C)C1. The number of fused-ring (bicyclic) bond motifs is 1. The maximum Gasteiger partial charge on any atom is 0.219 e. The number of hydrogen-bond donors (Lipinski definition) is 0. The summed E-state index contributed by atoms with van der Waals surface area (Å²) in [6.07, 6.45) is 3.72. The molecule has 0 aliphatic carbocycles. The number of piperidine rings is 1. The Labute approximate surface area is 133 Å². The lowest BCUT2D eigenvalue weighted by atomic mass is 10.1. The number of rotatable bonds is 2. The van der Waals surface area contributed by atoms with Crippen LogP contribution >= 0.6 is 0 Å². The van der Waals surface area contributed by atoms with Gasteiger partial charge in [0.25, 0.3) is 0 Å². The van der Waals surface area contributed by atoms with Gasteiger partial charge < -0.3 is 4.90 Å². The summed E-state index contributed by atoms with van der Waals surface area (Å²) >= 11 is 0. The molecule has 0 aromatic heterocycles. The summed E-state index contributed by atoms with van der Waals surface area (Å²) in [5, 5.41) is -0.430. The fourth-order valence-electron chi connectivity index (χ4n) is 4.17. The third-order valence-electron chi connectivity index (χ3n) is 5.45. The highest BCUT2D eigenvalue weighted by Crippen LogP contribution is 2.29. The highest BCUT2D eigenvalue weighted by Gasteiger charge is 2.43. The van der Waals surface area contributed by atoms with Gasteiger partial charge in [0.1, 0.15) is 0 Å². The second-order valence-electron chi connectivity index (χ2n) is 6.98. The summed E-state index contributed by atoms with van der Waals surface area (Å²) in [5.74, 6) is -0.0199. The summed E-state index contributed by atoms with van der Waals surface area (Å²) < 4.78 is 27.9. The van der Waals surface area contributed by atoms with Crippen LogP contribution in [0.4, 0.5) is 0 Å². The number of piperazine rings is 1. The maximum atomic E-state index is 13.1. The first-order chi connectivity index (χ1) is 10.4. The van der Waals surface area contributed by atoms with E-state index in [4.69, 9.17) is 0 Å². The quantitative estimate of drug-likeness (QED) is 0.740. The van der Waals surface area contributed by atoms with Gasteiger partial charge >= 0.3 is 0 Å². The first-order valence-electron chi connectivity index (χ1n) is 8.40. The smallest absolute Gasteiger partial charge is 0.219 e. The Balaban J connectivity index is 1.75. The second-order valence-corrected chi connectivity index (χ2v) is 9.15. The zero-order chi connectivity index (χ0) is 15.9. The van der Waals surface area contributed by atoms with Crippen LogP contribution in [0, 0.1) is 0 Å². The molecule has 0 spiro atoms. The van der Waals surface area contributed by atoms with Crippen molar-refractivity contribution in [2.75, 3.05) is 32.7 Å². The Morgan fingerprint density at radius 3 is 2.50 bits per heavy atom. The van der Waals surface area contributed by atoms with E-state index in [-0.39, 0.29) is 11.9 Å². The van der Waals surface area contributed by atoms with Gasteiger partial charge in [0.2, 0.25) is 15.9 Å². The first kappa shape index (κ1) is 16.2. The minimum Gasteiger partial charge on any atom is -0.342 e. The lowest BCUT2D eigenvalue weighted by Gasteiger charge is -2.43. The summed E-state index contributed by atoms with van der Waals surface area (Å²) in [6, 6.07) is 0.422. The molecule has 3 rings (SSSR count). The summed E-state index contributed by atoms with van der Waals surface area (Å²) in [6.45, 7) is 7.15. The van der Waals surface area contributed by atoms with Gasteiger partial charge in [-0.3, -0.25) is 9.69 Å². The van der Waals surface area contributed by atoms with Crippen molar-refractivity contribution in [3.05, 3.63) is 0 Å². The maximum absolute atomic E-state index is 13.1. The van der Waals surface area contributed by atoms with Crippen LogP contribution in [0.15, 0.2) is 0 Å². The van der Waals surface area contributed by atoms with Crippen LogP contribution in [-0.2, 0) is 14.8 Å². The van der Waals surface area contributed by atoms with Crippen LogP contribution in [0.5, 0.6) is 0 Å². The molecule has 0 N–H and O–H groups in total. The van der Waals surface area contributed by atoms with E-state index in [1.807, 2.05) is 6.92 Å². The Hall–Kier alpha value is -0.660. The molecule has 3 saturated heterocycles. The molecule has 6 nitrogen and oxygen atoms in total. The van der Waals surface area contributed by atoms with Crippen molar-refractivity contribution in [2.24, 2.45) is 0 Å². The van der Waals surface area contributed by atoms with Gasteiger partial charge in [-0.1, -0.05) is 0 Å². The fraction of sp³-hybridized carbons (Fsp3) is 0.933. The van der Waals surface area contributed by atoms with Crippen molar-refractivity contribution in [1.29, 1.82) is 0 Å². The Morgan fingerprint density at radius 1 is 1.05 bits per heavy atom. The second kappa shape index (κ2) is 6.09. The van der Waals surface area contributed by atoms with E-state index in [0.29, 0.717) is 32.1 Å². The van der Waals surface area contributed by atoms with E-state index >= 15 is 0 Å². The predicted molar refractivity (Wildman–Crippen MR) is 85.0 cm³/mol. The number of likely N-dealkylation sites (tertiary alicyclic amines) is 1. The number of sulfonamides is 1. The molecule has 22 heavy (non-hydrogen) atoms. The monoisotopic (exact) mass is 329 g/mol. The standard InChI is InChI=1S/C15H27N3O3S/c1-12-9-17-8-3-5-14(17)10-18(12)22(20,21)15-6-4-7-16(11-15)13(2)19/h12,14-15H,3-11H2,1-2H3/t12-,14-,15-/m0/s1. The average molecular weight is 329 g/mol. The van der Waals surface area contributed by atoms with Crippen LogP contribution in [-0.4, -0.2) is 78.5 Å². The van der Waals surface area contributed by atoms with Gasteiger partial charge in [0, 0.05) is 45.2 Å². The minimum absolute atomic E-state index is 0.0199. The molecule has 3 heterocycles. The number of carbonyl (C=O) groups is 1. The largest absolute Gasteiger partial charge is 0.342 e. The molecule has 0 bridgehead atoms. The molecule has 126 valence electrons. The molecule has 0 saturated carbocycles. The van der Waals surface area contributed by atoms with E-state index in [0.717, 1.165) is 25.9 Å². The zero-order valence-electron chi connectivity index (χ0n) is 13.6. The van der Waals surface area contributed by atoms with Gasteiger partial charge in [-0.2, -0.15) is 4.31 Å². The van der Waals surface area contributed by atoms with Crippen LogP contribution in [0.3, 0.4) is 0 Å². The molecule has 3 aliphatic rings. The zero-order valence-corrected chi connectivity index (χ0v) is 14.4. The first-order valence-corrected chi connectivity index (χ1v) is 9.90. The Kier molecular flexibility index (Phi) is 4.49. The molecular formula is C15H27N3O3S. The molecular weight excluding hydrogens is 302 g/mol. The van der Waals surface area contributed by atoms with Crippen molar-refractivity contribution in [2.45, 2.75) is 56.9 Å². The molecule has 0 aromatic carbocycles. The molecule has 7 heteroatoms. The van der Waals surface area contributed by atoms with E-state index in [2.05, 4.69) is 4.90 Å². The third-order valence-corrected chi connectivity index (χ3v) is 7.84. The van der Waals surface area contributed by atoms with Gasteiger partial charge in [-0.25, -0.2) is 8.42 Å². The highest BCUT2D eigenvalue weighted by molar-refractivity contribution is 7.89. The van der Waals surface area contributed by atoms with Crippen LogP contribution in [0.2, 0.25) is 0 Å². The van der Waals surface area contributed by atoms with E-state index in [9.17, 15) is 13.2 Å². The van der Waals surface area contributed by atoms with Gasteiger partial charge in [-0.15, -0.1) is 0 Å². The normalized spacial score (nSPS) is 34.6. The van der Waals surface area contributed by atoms with Gasteiger partial charge in [-0.05, 0) is 39.2 Å². The predicted octanol–water partition coefficient (Wildman–Crippen LogP) is 0.496. The number of carbonyl (C=O) groups excluding carboxylic acids is 1. The van der Waals surface area contributed by atoms with E-state index < -0.39 is 15.3 Å². The molecule has 1 amide bonds. The van der Waals surface area contributed by atoms with Gasteiger partial charge in [0.05, 0.1) is 5.25 Å². The molecule has 3 atom stereocenters. The van der Waals surface area contributed by atoms with Crippen molar-refractivity contribution in [3.8, 4) is 0 Å². The fourth-order valence-corrected chi connectivity index (χ4v) is 6.34. The minimum atomic E-state index is -3.33. The summed E-state index contributed by atoms with van der Waals surface area (Å²) in [7, 11) is -3.33. The van der Waals surface area contributed by atoms with Crippen LogP contribution in [0.25, 0.3) is 0 Å².